The van der Waals surface area contributed by atoms with E-state index in [-0.39, 0.29) is 11.5 Å². The van der Waals surface area contributed by atoms with Crippen LogP contribution in [0.1, 0.15) is 27.7 Å². The van der Waals surface area contributed by atoms with Gasteiger partial charge in [-0.05, 0) is 19.3 Å². The number of carbonyl (C=O) groups excluding carboxylic acids is 1. The third-order valence-corrected chi connectivity index (χ3v) is 0.920. The molecule has 0 aliphatic rings. The van der Waals surface area contributed by atoms with E-state index in [0.29, 0.717) is 6.61 Å². The Morgan fingerprint density at radius 1 is 1.50 bits per heavy atom. The molecular formula is C9H17O3. The minimum absolute atomic E-state index is 0.0244. The van der Waals surface area contributed by atoms with Crippen molar-refractivity contribution in [3.8, 4) is 0 Å². The summed E-state index contributed by atoms with van der Waals surface area (Å²) in [4.78, 5) is 10.8. The highest BCUT2D eigenvalue weighted by atomic mass is 16.7. The monoisotopic (exact) mass is 173 g/mol. The fourth-order valence-corrected chi connectivity index (χ4v) is 0.474. The maximum Gasteiger partial charge on any atom is 0.508 e. The predicted octanol–water partition coefficient (Wildman–Crippen LogP) is 2.41. The van der Waals surface area contributed by atoms with Crippen LogP contribution in [0.3, 0.4) is 0 Å². The number of hydrogen-bond donors (Lipinski definition) is 0. The molecule has 0 bridgehead atoms. The van der Waals surface area contributed by atoms with Gasteiger partial charge < -0.3 is 9.47 Å². The van der Waals surface area contributed by atoms with Crippen LogP contribution in [0.15, 0.2) is 0 Å². The molecule has 3 nitrogen and oxygen atoms in total. The molecule has 12 heavy (non-hydrogen) atoms. The molecule has 0 unspecified atom stereocenters. The second-order valence-electron chi connectivity index (χ2n) is 4.03. The normalized spacial score (nSPS) is 11.5. The van der Waals surface area contributed by atoms with Gasteiger partial charge in [0, 0.05) is 0 Å². The summed E-state index contributed by atoms with van der Waals surface area (Å²) >= 11 is 0. The van der Waals surface area contributed by atoms with Gasteiger partial charge >= 0.3 is 6.16 Å². The number of carbonyl (C=O) groups is 1. The standard InChI is InChI=1S/C9H17O3/c1-7(2)12-8(10)11-6-9(3,4)5/h7H,1,6H2,2-5H3/t7-/m0/s1. The minimum atomic E-state index is -0.646. The molecule has 0 saturated heterocycles. The summed E-state index contributed by atoms with van der Waals surface area (Å²) in [6, 6.07) is 0. The van der Waals surface area contributed by atoms with Crippen LogP contribution in [-0.2, 0) is 9.47 Å². The number of ether oxygens (including phenoxy) is 2. The quantitative estimate of drug-likeness (QED) is 0.601. The van der Waals surface area contributed by atoms with Crippen LogP contribution in [-0.4, -0.2) is 18.9 Å². The van der Waals surface area contributed by atoms with Crippen LogP contribution in [0.25, 0.3) is 0 Å². The molecule has 1 atom stereocenters. The van der Waals surface area contributed by atoms with Gasteiger partial charge in [0.2, 0.25) is 0 Å². The molecule has 1 radical (unpaired) electrons. The fraction of sp³-hybridized carbons (Fsp3) is 0.778. The van der Waals surface area contributed by atoms with Gasteiger partial charge in [-0.25, -0.2) is 4.79 Å². The van der Waals surface area contributed by atoms with Crippen molar-refractivity contribution < 1.29 is 14.3 Å². The summed E-state index contributed by atoms with van der Waals surface area (Å²) in [5.41, 5.74) is -0.0244. The summed E-state index contributed by atoms with van der Waals surface area (Å²) in [5, 5.41) is 0. The lowest BCUT2D eigenvalue weighted by molar-refractivity contribution is 0.0217. The van der Waals surface area contributed by atoms with Gasteiger partial charge in [0.1, 0.15) is 6.10 Å². The van der Waals surface area contributed by atoms with E-state index in [0.717, 1.165) is 0 Å². The van der Waals surface area contributed by atoms with Crippen molar-refractivity contribution in [3.63, 3.8) is 0 Å². The summed E-state index contributed by atoms with van der Waals surface area (Å²) in [5.74, 6) is 0. The largest absolute Gasteiger partial charge is 0.508 e. The molecule has 71 valence electrons. The lowest BCUT2D eigenvalue weighted by atomic mass is 9.99. The lowest BCUT2D eigenvalue weighted by Crippen LogP contribution is -2.20. The van der Waals surface area contributed by atoms with E-state index in [1.54, 1.807) is 6.92 Å². The summed E-state index contributed by atoms with van der Waals surface area (Å²) < 4.78 is 9.49. The molecule has 0 aliphatic carbocycles. The second-order valence-corrected chi connectivity index (χ2v) is 4.03. The van der Waals surface area contributed by atoms with Gasteiger partial charge in [-0.15, -0.1) is 0 Å². The first-order valence-corrected chi connectivity index (χ1v) is 3.98. The zero-order valence-corrected chi connectivity index (χ0v) is 8.22. The highest BCUT2D eigenvalue weighted by Crippen LogP contribution is 2.13. The van der Waals surface area contributed by atoms with Gasteiger partial charge in [0.05, 0.1) is 6.61 Å². The third kappa shape index (κ3) is 7.38. The number of rotatable bonds is 2. The van der Waals surface area contributed by atoms with Crippen molar-refractivity contribution in [2.45, 2.75) is 33.8 Å². The molecule has 0 N–H and O–H groups in total. The molecule has 0 spiro atoms. The van der Waals surface area contributed by atoms with Crippen molar-refractivity contribution in [2.75, 3.05) is 6.61 Å². The van der Waals surface area contributed by atoms with Crippen molar-refractivity contribution in [2.24, 2.45) is 5.41 Å². The first-order chi connectivity index (χ1) is 5.31. The predicted molar refractivity (Wildman–Crippen MR) is 46.7 cm³/mol. The van der Waals surface area contributed by atoms with E-state index in [1.807, 2.05) is 20.8 Å². The molecule has 3 heteroatoms. The van der Waals surface area contributed by atoms with Crippen molar-refractivity contribution in [3.05, 3.63) is 6.92 Å². The van der Waals surface area contributed by atoms with Crippen LogP contribution < -0.4 is 0 Å². The Hall–Kier alpha value is -0.730. The Kier molecular flexibility index (Phi) is 4.07. The van der Waals surface area contributed by atoms with E-state index >= 15 is 0 Å². The average Bonchev–Trinajstić information content (AvgIpc) is 1.80. The maximum atomic E-state index is 10.8. The Balaban J connectivity index is 3.58. The van der Waals surface area contributed by atoms with Gasteiger partial charge in [-0.1, -0.05) is 20.8 Å². The smallest absolute Gasteiger partial charge is 0.434 e. The zero-order chi connectivity index (χ0) is 9.78. The van der Waals surface area contributed by atoms with Gasteiger partial charge in [-0.2, -0.15) is 0 Å². The highest BCUT2D eigenvalue weighted by Gasteiger charge is 2.14. The summed E-state index contributed by atoms with van der Waals surface area (Å²) in [7, 11) is 0. The Morgan fingerprint density at radius 3 is 2.33 bits per heavy atom. The van der Waals surface area contributed by atoms with E-state index < -0.39 is 6.16 Å². The van der Waals surface area contributed by atoms with E-state index in [4.69, 9.17) is 4.74 Å². The average molecular weight is 173 g/mol. The molecular weight excluding hydrogens is 156 g/mol. The van der Waals surface area contributed by atoms with Crippen LogP contribution >= 0.6 is 0 Å². The molecule has 0 saturated carbocycles. The minimum Gasteiger partial charge on any atom is -0.434 e. The molecule has 0 aromatic heterocycles. The van der Waals surface area contributed by atoms with E-state index in [9.17, 15) is 4.79 Å². The van der Waals surface area contributed by atoms with Crippen LogP contribution in [0, 0.1) is 12.3 Å². The lowest BCUT2D eigenvalue weighted by Gasteiger charge is -2.18. The SMILES string of the molecule is [CH2][C@@H](C)OC(=O)OCC(C)(C)C. The van der Waals surface area contributed by atoms with Crippen LogP contribution in [0.5, 0.6) is 0 Å². The van der Waals surface area contributed by atoms with Crippen molar-refractivity contribution in [1.29, 1.82) is 0 Å². The highest BCUT2D eigenvalue weighted by molar-refractivity contribution is 5.60. The van der Waals surface area contributed by atoms with Gasteiger partial charge in [-0.3, -0.25) is 0 Å². The summed E-state index contributed by atoms with van der Waals surface area (Å²) in [6.45, 7) is 11.5. The molecule has 0 fully saturated rings. The molecule has 0 aromatic carbocycles. The second kappa shape index (κ2) is 4.33. The zero-order valence-electron chi connectivity index (χ0n) is 8.22. The molecule has 0 rings (SSSR count). The Morgan fingerprint density at radius 2 is 2.00 bits per heavy atom. The van der Waals surface area contributed by atoms with E-state index in [1.165, 1.54) is 0 Å². The van der Waals surface area contributed by atoms with Crippen molar-refractivity contribution >= 4 is 6.16 Å². The molecule has 0 amide bonds. The van der Waals surface area contributed by atoms with Crippen LogP contribution in [0.2, 0.25) is 0 Å². The maximum absolute atomic E-state index is 10.8. The van der Waals surface area contributed by atoms with Gasteiger partial charge in [0.15, 0.2) is 0 Å². The first-order valence-electron chi connectivity index (χ1n) is 3.98. The van der Waals surface area contributed by atoms with Gasteiger partial charge in [0.25, 0.3) is 0 Å². The van der Waals surface area contributed by atoms with Crippen molar-refractivity contribution in [1.82, 2.24) is 0 Å². The Bertz CT molecular complexity index is 144. The number of hydrogen-bond acceptors (Lipinski definition) is 3. The Labute approximate surface area is 74.0 Å². The topological polar surface area (TPSA) is 35.5 Å². The van der Waals surface area contributed by atoms with E-state index in [2.05, 4.69) is 11.7 Å². The fourth-order valence-electron chi connectivity index (χ4n) is 0.474. The third-order valence-electron chi connectivity index (χ3n) is 0.920. The molecule has 0 aliphatic heterocycles. The molecule has 0 heterocycles. The van der Waals surface area contributed by atoms with Crippen LogP contribution in [0.4, 0.5) is 4.79 Å². The summed E-state index contributed by atoms with van der Waals surface area (Å²) in [6.07, 6.45) is -1.01. The molecule has 0 aromatic rings. The first kappa shape index (κ1) is 11.3.